The van der Waals surface area contributed by atoms with Crippen molar-refractivity contribution in [2.75, 3.05) is 0 Å². The number of aromatic hydroxyl groups is 1. The molecule has 3 heteroatoms. The summed E-state index contributed by atoms with van der Waals surface area (Å²) < 4.78 is 0. The van der Waals surface area contributed by atoms with Gasteiger partial charge in [-0.2, -0.15) is 0 Å². The van der Waals surface area contributed by atoms with Crippen LogP contribution in [-0.4, -0.2) is 5.11 Å². The molecule has 0 saturated carbocycles. The second-order valence-corrected chi connectivity index (χ2v) is 9.57. The van der Waals surface area contributed by atoms with E-state index < -0.39 is 0 Å². The molecule has 5 aromatic rings. The summed E-state index contributed by atoms with van der Waals surface area (Å²) in [6.45, 7) is 0. The molecule has 5 aromatic carbocycles. The predicted octanol–water partition coefficient (Wildman–Crippen LogP) is 8.28. The van der Waals surface area contributed by atoms with Crippen LogP contribution in [0.15, 0.2) is 113 Å². The van der Waals surface area contributed by atoms with E-state index in [-0.39, 0.29) is 0 Å². The lowest BCUT2D eigenvalue weighted by atomic mass is 10.1. The van der Waals surface area contributed by atoms with Gasteiger partial charge in [0.1, 0.15) is 5.75 Å². The van der Waals surface area contributed by atoms with Crippen molar-refractivity contribution in [3.05, 3.63) is 114 Å². The Morgan fingerprint density at radius 1 is 0.516 bits per heavy atom. The molecule has 0 atom stereocenters. The van der Waals surface area contributed by atoms with E-state index in [1.807, 2.05) is 35.7 Å². The highest BCUT2D eigenvalue weighted by Crippen LogP contribution is 2.34. The standard InChI is InChI=1S/C28H22OS2/c29-24-16-20(18-30-27-13-5-9-22-7-1-3-11-25(22)27)15-21(17-24)19-31-28-14-6-10-23-8-2-4-12-26(23)28/h1-17,29H,18-19H2. The molecule has 152 valence electrons. The van der Waals surface area contributed by atoms with Crippen LogP contribution in [0, 0.1) is 0 Å². The fourth-order valence-electron chi connectivity index (χ4n) is 3.87. The molecule has 0 bridgehead atoms. The normalized spacial score (nSPS) is 11.2. The van der Waals surface area contributed by atoms with Gasteiger partial charge in [0.25, 0.3) is 0 Å². The van der Waals surface area contributed by atoms with Crippen LogP contribution < -0.4 is 0 Å². The molecule has 5 rings (SSSR count). The summed E-state index contributed by atoms with van der Waals surface area (Å²) in [5, 5.41) is 15.4. The Balaban J connectivity index is 1.33. The van der Waals surface area contributed by atoms with E-state index in [1.54, 1.807) is 0 Å². The zero-order chi connectivity index (χ0) is 21.0. The first-order valence-electron chi connectivity index (χ1n) is 10.3. The number of phenols is 1. The highest BCUT2D eigenvalue weighted by Gasteiger charge is 2.07. The molecule has 0 amide bonds. The van der Waals surface area contributed by atoms with E-state index in [9.17, 15) is 5.11 Å². The number of rotatable bonds is 6. The minimum absolute atomic E-state index is 0.338. The number of benzene rings is 5. The summed E-state index contributed by atoms with van der Waals surface area (Å²) in [6.07, 6.45) is 0. The van der Waals surface area contributed by atoms with Crippen molar-refractivity contribution in [2.45, 2.75) is 21.3 Å². The molecule has 0 aliphatic carbocycles. The van der Waals surface area contributed by atoms with E-state index >= 15 is 0 Å². The minimum Gasteiger partial charge on any atom is -0.508 e. The van der Waals surface area contributed by atoms with E-state index in [0.29, 0.717) is 5.75 Å². The van der Waals surface area contributed by atoms with Gasteiger partial charge in [-0.15, -0.1) is 23.5 Å². The lowest BCUT2D eigenvalue weighted by Gasteiger charge is -2.10. The average molecular weight is 439 g/mol. The second-order valence-electron chi connectivity index (χ2n) is 7.54. The molecular weight excluding hydrogens is 416 g/mol. The largest absolute Gasteiger partial charge is 0.508 e. The Hall–Kier alpha value is -2.88. The molecule has 31 heavy (non-hydrogen) atoms. The number of thioether (sulfide) groups is 2. The van der Waals surface area contributed by atoms with Crippen LogP contribution >= 0.6 is 23.5 Å². The van der Waals surface area contributed by atoms with Gasteiger partial charge in [-0.25, -0.2) is 0 Å². The van der Waals surface area contributed by atoms with Gasteiger partial charge in [-0.05, 0) is 56.9 Å². The molecule has 0 unspecified atom stereocenters. The molecule has 0 aliphatic heterocycles. The van der Waals surface area contributed by atoms with Crippen LogP contribution in [0.2, 0.25) is 0 Å². The van der Waals surface area contributed by atoms with Gasteiger partial charge in [0.15, 0.2) is 0 Å². The minimum atomic E-state index is 0.338. The monoisotopic (exact) mass is 438 g/mol. The Bertz CT molecular complexity index is 1250. The van der Waals surface area contributed by atoms with Crippen molar-refractivity contribution in [1.82, 2.24) is 0 Å². The third kappa shape index (κ3) is 4.58. The molecule has 0 radical (unpaired) electrons. The lowest BCUT2D eigenvalue weighted by Crippen LogP contribution is -1.88. The maximum atomic E-state index is 10.3. The Morgan fingerprint density at radius 2 is 0.968 bits per heavy atom. The van der Waals surface area contributed by atoms with Crippen molar-refractivity contribution < 1.29 is 5.11 Å². The van der Waals surface area contributed by atoms with Crippen molar-refractivity contribution in [1.29, 1.82) is 0 Å². The topological polar surface area (TPSA) is 20.2 Å². The second kappa shape index (κ2) is 9.09. The summed E-state index contributed by atoms with van der Waals surface area (Å²) in [6, 6.07) is 35.8. The van der Waals surface area contributed by atoms with Crippen LogP contribution in [0.3, 0.4) is 0 Å². The third-order valence-corrected chi connectivity index (χ3v) is 7.61. The third-order valence-electron chi connectivity index (χ3n) is 5.33. The summed E-state index contributed by atoms with van der Waals surface area (Å²) in [7, 11) is 0. The van der Waals surface area contributed by atoms with E-state index in [1.165, 1.54) is 31.3 Å². The van der Waals surface area contributed by atoms with Crippen LogP contribution in [0.5, 0.6) is 5.75 Å². The van der Waals surface area contributed by atoms with Crippen molar-refractivity contribution in [2.24, 2.45) is 0 Å². The van der Waals surface area contributed by atoms with Crippen LogP contribution in [0.25, 0.3) is 21.5 Å². The van der Waals surface area contributed by atoms with Gasteiger partial charge in [-0.1, -0.05) is 78.9 Å². The summed E-state index contributed by atoms with van der Waals surface area (Å²) >= 11 is 3.64. The van der Waals surface area contributed by atoms with E-state index in [4.69, 9.17) is 0 Å². The molecule has 1 N–H and O–H groups in total. The maximum Gasteiger partial charge on any atom is 0.116 e. The fraction of sp³-hybridized carbons (Fsp3) is 0.0714. The van der Waals surface area contributed by atoms with Gasteiger partial charge in [0.05, 0.1) is 0 Å². The summed E-state index contributed by atoms with van der Waals surface area (Å²) in [5.41, 5.74) is 2.29. The zero-order valence-corrected chi connectivity index (χ0v) is 18.6. The molecular formula is C28H22OS2. The number of phenolic OH excluding ortho intramolecular Hbond substituents is 1. The van der Waals surface area contributed by atoms with Gasteiger partial charge in [-0.3, -0.25) is 0 Å². The first-order valence-corrected chi connectivity index (χ1v) is 12.3. The highest BCUT2D eigenvalue weighted by atomic mass is 32.2. The molecule has 0 spiro atoms. The summed E-state index contributed by atoms with van der Waals surface area (Å²) in [4.78, 5) is 2.54. The quantitative estimate of drug-likeness (QED) is 0.269. The van der Waals surface area contributed by atoms with Crippen molar-refractivity contribution in [3.8, 4) is 5.75 Å². The first-order chi connectivity index (χ1) is 15.3. The van der Waals surface area contributed by atoms with Gasteiger partial charge in [0.2, 0.25) is 0 Å². The Morgan fingerprint density at radius 3 is 1.48 bits per heavy atom. The van der Waals surface area contributed by atoms with Crippen molar-refractivity contribution >= 4 is 45.1 Å². The smallest absolute Gasteiger partial charge is 0.116 e. The molecule has 0 heterocycles. The van der Waals surface area contributed by atoms with Crippen LogP contribution in [-0.2, 0) is 11.5 Å². The molecule has 0 fully saturated rings. The summed E-state index contributed by atoms with van der Waals surface area (Å²) in [5.74, 6) is 1.99. The number of fused-ring (bicyclic) bond motifs is 2. The molecule has 0 aliphatic rings. The van der Waals surface area contributed by atoms with Crippen LogP contribution in [0.1, 0.15) is 11.1 Å². The highest BCUT2D eigenvalue weighted by molar-refractivity contribution is 7.99. The van der Waals surface area contributed by atoms with Crippen molar-refractivity contribution in [3.63, 3.8) is 0 Å². The van der Waals surface area contributed by atoms with Gasteiger partial charge in [0, 0.05) is 21.3 Å². The fourth-order valence-corrected chi connectivity index (χ4v) is 5.89. The maximum absolute atomic E-state index is 10.3. The lowest BCUT2D eigenvalue weighted by molar-refractivity contribution is 0.474. The number of hydrogen-bond acceptors (Lipinski definition) is 3. The van der Waals surface area contributed by atoms with Crippen LogP contribution in [0.4, 0.5) is 0 Å². The van der Waals surface area contributed by atoms with Gasteiger partial charge < -0.3 is 5.11 Å². The molecule has 1 nitrogen and oxygen atoms in total. The molecule has 0 aromatic heterocycles. The number of hydrogen-bond donors (Lipinski definition) is 1. The molecule has 0 saturated heterocycles. The SMILES string of the molecule is Oc1cc(CSc2cccc3ccccc23)cc(CSc2cccc3ccccc23)c1. The Kier molecular flexibility index (Phi) is 5.88. The average Bonchev–Trinajstić information content (AvgIpc) is 2.81. The first kappa shape index (κ1) is 20.0. The predicted molar refractivity (Wildman–Crippen MR) is 135 cm³/mol. The zero-order valence-electron chi connectivity index (χ0n) is 17.0. The Labute approximate surface area is 191 Å². The van der Waals surface area contributed by atoms with E-state index in [2.05, 4.69) is 91.0 Å². The van der Waals surface area contributed by atoms with Gasteiger partial charge >= 0.3 is 0 Å². The van der Waals surface area contributed by atoms with E-state index in [0.717, 1.165) is 22.6 Å².